The van der Waals surface area contributed by atoms with E-state index in [1.54, 1.807) is 35.1 Å². The summed E-state index contributed by atoms with van der Waals surface area (Å²) in [4.78, 5) is 23.8. The van der Waals surface area contributed by atoms with Crippen molar-refractivity contribution in [1.29, 1.82) is 0 Å². The molecule has 3 aromatic rings. The summed E-state index contributed by atoms with van der Waals surface area (Å²) in [5, 5.41) is 2.97. The van der Waals surface area contributed by atoms with Gasteiger partial charge in [-0.1, -0.05) is 19.3 Å². The molecule has 0 bridgehead atoms. The molecule has 4 rings (SSSR count). The average molecular weight is 395 g/mol. The van der Waals surface area contributed by atoms with Crippen molar-refractivity contribution in [2.75, 3.05) is 20.1 Å². The second-order valence-electron chi connectivity index (χ2n) is 7.67. The topological polar surface area (TPSA) is 62.5 Å². The molecule has 7 heteroatoms. The molecule has 29 heavy (non-hydrogen) atoms. The molecule has 0 aliphatic heterocycles. The van der Waals surface area contributed by atoms with Crippen molar-refractivity contribution in [2.45, 2.75) is 38.1 Å². The summed E-state index contributed by atoms with van der Waals surface area (Å²) < 4.78 is 15.0. The van der Waals surface area contributed by atoms with Crippen molar-refractivity contribution in [3.05, 3.63) is 54.4 Å². The maximum Gasteiger partial charge on any atom is 0.271 e. The number of nitrogens with zero attached hydrogens (tertiary/aromatic N) is 4. The second kappa shape index (κ2) is 8.69. The number of likely N-dealkylation sites (N-methyl/N-ethyl adjacent to an activating group) is 1. The van der Waals surface area contributed by atoms with Gasteiger partial charge in [-0.05, 0) is 44.2 Å². The van der Waals surface area contributed by atoms with Crippen LogP contribution in [0.1, 0.15) is 42.6 Å². The van der Waals surface area contributed by atoms with E-state index in [9.17, 15) is 9.18 Å². The lowest BCUT2D eigenvalue weighted by Gasteiger charge is -2.31. The first-order chi connectivity index (χ1) is 14.1. The van der Waals surface area contributed by atoms with Crippen LogP contribution >= 0.6 is 0 Å². The Kier molecular flexibility index (Phi) is 5.85. The van der Waals surface area contributed by atoms with Gasteiger partial charge in [-0.3, -0.25) is 9.78 Å². The third-order valence-electron chi connectivity index (χ3n) is 5.67. The highest BCUT2D eigenvalue weighted by molar-refractivity contribution is 5.93. The largest absolute Gasteiger partial charge is 0.349 e. The van der Waals surface area contributed by atoms with Gasteiger partial charge in [-0.15, -0.1) is 0 Å². The van der Waals surface area contributed by atoms with Crippen LogP contribution in [0.3, 0.4) is 0 Å². The summed E-state index contributed by atoms with van der Waals surface area (Å²) in [5.74, 6) is -0.502. The van der Waals surface area contributed by atoms with Crippen molar-refractivity contribution in [2.24, 2.45) is 0 Å². The van der Waals surface area contributed by atoms with E-state index < -0.39 is 0 Å². The molecule has 1 amide bonds. The first-order valence-corrected chi connectivity index (χ1v) is 10.2. The number of nitrogens with one attached hydrogen (secondary N) is 1. The Labute approximate surface area is 169 Å². The summed E-state index contributed by atoms with van der Waals surface area (Å²) in [7, 11) is 2.13. The van der Waals surface area contributed by atoms with Crippen LogP contribution < -0.4 is 5.32 Å². The quantitative estimate of drug-likeness (QED) is 0.694. The molecule has 0 atom stereocenters. The molecule has 6 nitrogen and oxygen atoms in total. The fraction of sp³-hybridized carbons (Fsp3) is 0.409. The van der Waals surface area contributed by atoms with Crippen LogP contribution in [0.2, 0.25) is 0 Å². The highest BCUT2D eigenvalue weighted by Crippen LogP contribution is 2.22. The van der Waals surface area contributed by atoms with Gasteiger partial charge in [0.15, 0.2) is 5.65 Å². The number of carbonyl (C=O) groups is 1. The van der Waals surface area contributed by atoms with Crippen LogP contribution in [0.4, 0.5) is 4.39 Å². The van der Waals surface area contributed by atoms with E-state index in [1.807, 2.05) is 0 Å². The van der Waals surface area contributed by atoms with Crippen LogP contribution in [0.25, 0.3) is 16.9 Å². The minimum absolute atomic E-state index is 0.198. The van der Waals surface area contributed by atoms with Gasteiger partial charge in [0, 0.05) is 43.3 Å². The van der Waals surface area contributed by atoms with E-state index in [2.05, 4.69) is 27.2 Å². The molecule has 1 N–H and O–H groups in total. The van der Waals surface area contributed by atoms with Crippen molar-refractivity contribution in [3.63, 3.8) is 0 Å². The van der Waals surface area contributed by atoms with Gasteiger partial charge >= 0.3 is 0 Å². The van der Waals surface area contributed by atoms with Gasteiger partial charge in [0.05, 0.1) is 0 Å². The highest BCUT2D eigenvalue weighted by Gasteiger charge is 2.18. The molecule has 2 heterocycles. The van der Waals surface area contributed by atoms with Crippen LogP contribution in [0, 0.1) is 5.82 Å². The highest BCUT2D eigenvalue weighted by atomic mass is 19.1. The van der Waals surface area contributed by atoms with Crippen molar-refractivity contribution in [1.82, 2.24) is 24.6 Å². The van der Waals surface area contributed by atoms with Gasteiger partial charge in [0.25, 0.3) is 5.91 Å². The lowest BCUT2D eigenvalue weighted by molar-refractivity contribution is 0.0940. The van der Waals surface area contributed by atoms with Crippen molar-refractivity contribution < 1.29 is 9.18 Å². The Morgan fingerprint density at radius 2 is 2.00 bits per heavy atom. The van der Waals surface area contributed by atoms with Gasteiger partial charge in [-0.25, -0.2) is 9.37 Å². The second-order valence-corrected chi connectivity index (χ2v) is 7.67. The molecule has 152 valence electrons. The molecule has 1 saturated carbocycles. The van der Waals surface area contributed by atoms with Gasteiger partial charge in [0.1, 0.15) is 17.2 Å². The minimum Gasteiger partial charge on any atom is -0.349 e. The number of amides is 1. The molecule has 0 saturated heterocycles. The smallest absolute Gasteiger partial charge is 0.271 e. The summed E-state index contributed by atoms with van der Waals surface area (Å²) in [6, 6.07) is 6.72. The SMILES string of the molecule is CN(CCNC(=O)c1cn2ccnc(-c3ccc(F)cc3)c2n1)C1CCCCC1. The van der Waals surface area contributed by atoms with E-state index in [4.69, 9.17) is 0 Å². The van der Waals surface area contributed by atoms with Crippen LogP contribution in [0.5, 0.6) is 0 Å². The van der Waals surface area contributed by atoms with Crippen LogP contribution in [-0.4, -0.2) is 51.4 Å². The Morgan fingerprint density at radius 3 is 2.76 bits per heavy atom. The number of aromatic nitrogens is 3. The zero-order valence-electron chi connectivity index (χ0n) is 16.6. The van der Waals surface area contributed by atoms with Gasteiger partial charge < -0.3 is 14.6 Å². The van der Waals surface area contributed by atoms with E-state index in [-0.39, 0.29) is 11.7 Å². The first kappa shape index (κ1) is 19.5. The molecule has 0 spiro atoms. The molecular weight excluding hydrogens is 369 g/mol. The fourth-order valence-corrected chi connectivity index (χ4v) is 3.98. The van der Waals surface area contributed by atoms with Gasteiger partial charge in [0.2, 0.25) is 0 Å². The molecule has 2 aromatic heterocycles. The summed E-state index contributed by atoms with van der Waals surface area (Å²) in [6.07, 6.45) is 11.5. The third-order valence-corrected chi connectivity index (χ3v) is 5.67. The zero-order chi connectivity index (χ0) is 20.2. The number of carbonyl (C=O) groups excluding carboxylic acids is 1. The van der Waals surface area contributed by atoms with Crippen molar-refractivity contribution >= 4 is 11.6 Å². The maximum absolute atomic E-state index is 13.2. The van der Waals surface area contributed by atoms with Crippen LogP contribution in [-0.2, 0) is 0 Å². The number of rotatable bonds is 6. The van der Waals surface area contributed by atoms with E-state index in [0.29, 0.717) is 29.6 Å². The average Bonchev–Trinajstić information content (AvgIpc) is 3.19. The standard InChI is InChI=1S/C22H26FN5O/c1-27(18-5-3-2-4-6-18)13-11-25-22(29)19-15-28-14-12-24-20(21(28)26-19)16-7-9-17(23)10-8-16/h7-10,12,14-15,18H,2-6,11,13H2,1H3,(H,25,29). The Hall–Kier alpha value is -2.80. The Bertz CT molecular complexity index is 979. The number of imidazole rings is 1. The lowest BCUT2D eigenvalue weighted by atomic mass is 9.94. The molecule has 1 aromatic carbocycles. The monoisotopic (exact) mass is 395 g/mol. The summed E-state index contributed by atoms with van der Waals surface area (Å²) >= 11 is 0. The predicted octanol–water partition coefficient (Wildman–Crippen LogP) is 3.53. The third kappa shape index (κ3) is 4.45. The van der Waals surface area contributed by atoms with Gasteiger partial charge in [-0.2, -0.15) is 0 Å². The molecule has 0 unspecified atom stereocenters. The normalized spacial score (nSPS) is 15.1. The number of hydrogen-bond acceptors (Lipinski definition) is 4. The fourth-order valence-electron chi connectivity index (χ4n) is 3.98. The molecule has 0 radical (unpaired) electrons. The molecular formula is C22H26FN5O. The molecule has 1 aliphatic carbocycles. The first-order valence-electron chi connectivity index (χ1n) is 10.2. The molecule has 1 aliphatic rings. The number of hydrogen-bond donors (Lipinski definition) is 1. The van der Waals surface area contributed by atoms with E-state index >= 15 is 0 Å². The predicted molar refractivity (Wildman–Crippen MR) is 110 cm³/mol. The van der Waals surface area contributed by atoms with E-state index in [0.717, 1.165) is 12.1 Å². The van der Waals surface area contributed by atoms with E-state index in [1.165, 1.54) is 44.2 Å². The number of halogens is 1. The Balaban J connectivity index is 1.43. The summed E-state index contributed by atoms with van der Waals surface area (Å²) in [6.45, 7) is 1.41. The van der Waals surface area contributed by atoms with Crippen LogP contribution in [0.15, 0.2) is 42.9 Å². The number of fused-ring (bicyclic) bond motifs is 1. The number of benzene rings is 1. The summed E-state index contributed by atoms with van der Waals surface area (Å²) in [5.41, 5.74) is 2.29. The molecule has 1 fully saturated rings. The lowest BCUT2D eigenvalue weighted by Crippen LogP contribution is -2.39. The maximum atomic E-state index is 13.2. The minimum atomic E-state index is -0.303. The Morgan fingerprint density at radius 1 is 1.24 bits per heavy atom. The van der Waals surface area contributed by atoms with Crippen molar-refractivity contribution in [3.8, 4) is 11.3 Å². The zero-order valence-corrected chi connectivity index (χ0v) is 16.6.